The molecule has 0 aliphatic carbocycles. The van der Waals surface area contributed by atoms with E-state index in [4.69, 9.17) is 9.84 Å². The molecule has 5 heteroatoms. The van der Waals surface area contributed by atoms with Crippen LogP contribution in [0.15, 0.2) is 29.2 Å². The molecule has 1 aromatic carbocycles. The zero-order chi connectivity index (χ0) is 13.4. The van der Waals surface area contributed by atoms with Crippen molar-refractivity contribution in [3.8, 4) is 5.75 Å². The highest BCUT2D eigenvalue weighted by atomic mass is 32.2. The Balaban J connectivity index is 2.29. The summed E-state index contributed by atoms with van der Waals surface area (Å²) in [4.78, 5) is 11.1. The van der Waals surface area contributed by atoms with Crippen LogP contribution in [-0.4, -0.2) is 28.1 Å². The Morgan fingerprint density at radius 3 is 2.44 bits per heavy atom. The number of benzene rings is 1. The van der Waals surface area contributed by atoms with Crippen LogP contribution >= 0.6 is 0 Å². The van der Waals surface area contributed by atoms with Gasteiger partial charge in [0.25, 0.3) is 0 Å². The maximum Gasteiger partial charge on any atom is 0.303 e. The number of carbonyl (C=O) groups is 1. The molecule has 0 aliphatic heterocycles. The van der Waals surface area contributed by atoms with Gasteiger partial charge in [0.1, 0.15) is 5.75 Å². The smallest absolute Gasteiger partial charge is 0.303 e. The molecule has 18 heavy (non-hydrogen) atoms. The van der Waals surface area contributed by atoms with E-state index in [0.717, 1.165) is 23.5 Å². The third-order valence-electron chi connectivity index (χ3n) is 2.54. The molecule has 0 amide bonds. The van der Waals surface area contributed by atoms with Crippen LogP contribution in [0.5, 0.6) is 5.75 Å². The average Bonchev–Trinajstić information content (AvgIpc) is 2.38. The van der Waals surface area contributed by atoms with Crippen LogP contribution in [0.4, 0.5) is 0 Å². The lowest BCUT2D eigenvalue weighted by molar-refractivity contribution is -0.137. The minimum atomic E-state index is -1.01. The third-order valence-corrected chi connectivity index (χ3v) is 4.00. The summed E-state index contributed by atoms with van der Waals surface area (Å²) in [5, 5.41) is 8.48. The maximum atomic E-state index is 11.9. The number of unbranched alkanes of at least 4 members (excludes halogenated alkanes) is 2. The Bertz CT molecular complexity index is 400. The lowest BCUT2D eigenvalue weighted by Gasteiger charge is -2.03. The Morgan fingerprint density at radius 2 is 1.89 bits per heavy atom. The third kappa shape index (κ3) is 5.31. The minimum absolute atomic E-state index is 0.190. The second kappa shape index (κ2) is 7.87. The van der Waals surface area contributed by atoms with Crippen molar-refractivity contribution in [3.63, 3.8) is 0 Å². The average molecular weight is 270 g/mol. The summed E-state index contributed by atoms with van der Waals surface area (Å²) < 4.78 is 16.9. The summed E-state index contributed by atoms with van der Waals surface area (Å²) in [6.45, 7) is 0. The number of aliphatic carboxylic acids is 1. The molecule has 4 nitrogen and oxygen atoms in total. The van der Waals surface area contributed by atoms with Crippen molar-refractivity contribution >= 4 is 16.8 Å². The molecule has 0 aromatic heterocycles. The summed E-state index contributed by atoms with van der Waals surface area (Å²) in [7, 11) is 0.581. The topological polar surface area (TPSA) is 63.6 Å². The van der Waals surface area contributed by atoms with Crippen LogP contribution in [0.25, 0.3) is 0 Å². The molecule has 100 valence electrons. The summed E-state index contributed by atoms with van der Waals surface area (Å²) in [5.74, 6) is 0.551. The Morgan fingerprint density at radius 1 is 1.22 bits per heavy atom. The van der Waals surface area contributed by atoms with Crippen molar-refractivity contribution in [2.24, 2.45) is 0 Å². The van der Waals surface area contributed by atoms with Crippen LogP contribution in [0.2, 0.25) is 0 Å². The van der Waals surface area contributed by atoms with Crippen molar-refractivity contribution in [2.75, 3.05) is 12.9 Å². The predicted molar refractivity (Wildman–Crippen MR) is 70.4 cm³/mol. The summed E-state index contributed by atoms with van der Waals surface area (Å²) in [6.07, 6.45) is 2.42. The SMILES string of the molecule is COc1ccc(S(=O)CCCCCC(=O)O)cc1. The molecule has 0 aliphatic rings. The van der Waals surface area contributed by atoms with Crippen molar-refractivity contribution < 1.29 is 18.8 Å². The number of carboxylic acid groups (broad SMARTS) is 1. The molecule has 1 rings (SSSR count). The number of methoxy groups -OCH3 is 1. The molecule has 0 saturated carbocycles. The van der Waals surface area contributed by atoms with E-state index in [1.165, 1.54) is 0 Å². The fourth-order valence-electron chi connectivity index (χ4n) is 1.53. The van der Waals surface area contributed by atoms with Gasteiger partial charge in [0.15, 0.2) is 0 Å². The largest absolute Gasteiger partial charge is 0.497 e. The van der Waals surface area contributed by atoms with Crippen molar-refractivity contribution in [3.05, 3.63) is 24.3 Å². The molecule has 0 spiro atoms. The number of rotatable bonds is 8. The lowest BCUT2D eigenvalue weighted by Crippen LogP contribution is -1.99. The predicted octanol–water partition coefficient (Wildman–Crippen LogP) is 2.45. The monoisotopic (exact) mass is 270 g/mol. The van der Waals surface area contributed by atoms with Crippen molar-refractivity contribution in [1.82, 2.24) is 0 Å². The van der Waals surface area contributed by atoms with Gasteiger partial charge in [-0.15, -0.1) is 0 Å². The zero-order valence-electron chi connectivity index (χ0n) is 10.4. The van der Waals surface area contributed by atoms with E-state index in [0.29, 0.717) is 12.2 Å². The summed E-state index contributed by atoms with van der Waals surface area (Å²) >= 11 is 0. The standard InChI is InChI=1S/C13H18O4S/c1-17-11-6-8-12(9-7-11)18(16)10-4-2-3-5-13(14)15/h6-9H,2-5,10H2,1H3,(H,14,15). The highest BCUT2D eigenvalue weighted by Crippen LogP contribution is 2.15. The molecule has 0 fully saturated rings. The summed E-state index contributed by atoms with van der Waals surface area (Å²) in [6, 6.07) is 7.17. The van der Waals surface area contributed by atoms with E-state index >= 15 is 0 Å². The molecule has 1 atom stereocenters. The van der Waals surface area contributed by atoms with Crippen molar-refractivity contribution in [2.45, 2.75) is 30.6 Å². The Kier molecular flexibility index (Phi) is 6.43. The van der Waals surface area contributed by atoms with Crippen LogP contribution in [0.3, 0.4) is 0 Å². The molecule has 0 heterocycles. The molecule has 1 unspecified atom stereocenters. The second-order valence-corrected chi connectivity index (χ2v) is 5.50. The van der Waals surface area contributed by atoms with E-state index in [2.05, 4.69) is 0 Å². The van der Waals surface area contributed by atoms with Gasteiger partial charge in [-0.1, -0.05) is 6.42 Å². The van der Waals surface area contributed by atoms with Gasteiger partial charge in [0.2, 0.25) is 0 Å². The van der Waals surface area contributed by atoms with Crippen LogP contribution < -0.4 is 4.74 Å². The van der Waals surface area contributed by atoms with Gasteiger partial charge in [0, 0.05) is 17.1 Å². The van der Waals surface area contributed by atoms with E-state index in [1.807, 2.05) is 0 Å². The van der Waals surface area contributed by atoms with Crippen LogP contribution in [0, 0.1) is 0 Å². The highest BCUT2D eigenvalue weighted by Gasteiger charge is 2.04. The minimum Gasteiger partial charge on any atom is -0.497 e. The molecule has 0 saturated heterocycles. The number of carboxylic acids is 1. The maximum absolute atomic E-state index is 11.9. The molecule has 1 N–H and O–H groups in total. The first-order chi connectivity index (χ1) is 8.63. The molecular formula is C13H18O4S. The molecule has 0 radical (unpaired) electrons. The van der Waals surface area contributed by atoms with E-state index in [1.54, 1.807) is 31.4 Å². The zero-order valence-corrected chi connectivity index (χ0v) is 11.2. The van der Waals surface area contributed by atoms with Gasteiger partial charge in [0.05, 0.1) is 17.9 Å². The number of hydrogen-bond donors (Lipinski definition) is 1. The summed E-state index contributed by atoms with van der Waals surface area (Å²) in [5.41, 5.74) is 0. The van der Waals surface area contributed by atoms with Crippen LogP contribution in [0.1, 0.15) is 25.7 Å². The van der Waals surface area contributed by atoms with E-state index < -0.39 is 16.8 Å². The van der Waals surface area contributed by atoms with Gasteiger partial charge in [-0.25, -0.2) is 0 Å². The van der Waals surface area contributed by atoms with E-state index in [-0.39, 0.29) is 6.42 Å². The normalized spacial score (nSPS) is 12.1. The van der Waals surface area contributed by atoms with Crippen molar-refractivity contribution in [1.29, 1.82) is 0 Å². The Labute approximate surface area is 109 Å². The quantitative estimate of drug-likeness (QED) is 0.737. The fraction of sp³-hybridized carbons (Fsp3) is 0.462. The first kappa shape index (κ1) is 14.7. The van der Waals surface area contributed by atoms with Gasteiger partial charge in [-0.05, 0) is 37.1 Å². The molecule has 1 aromatic rings. The van der Waals surface area contributed by atoms with E-state index in [9.17, 15) is 9.00 Å². The molecule has 0 bridgehead atoms. The Hall–Kier alpha value is -1.36. The van der Waals surface area contributed by atoms with Gasteiger partial charge < -0.3 is 9.84 Å². The van der Waals surface area contributed by atoms with Crippen LogP contribution in [-0.2, 0) is 15.6 Å². The number of ether oxygens (including phenoxy) is 1. The lowest BCUT2D eigenvalue weighted by atomic mass is 10.2. The fourth-order valence-corrected chi connectivity index (χ4v) is 2.67. The highest BCUT2D eigenvalue weighted by molar-refractivity contribution is 7.85. The molecular weight excluding hydrogens is 252 g/mol. The van der Waals surface area contributed by atoms with Gasteiger partial charge in [-0.3, -0.25) is 9.00 Å². The first-order valence-electron chi connectivity index (χ1n) is 5.87. The van der Waals surface area contributed by atoms with Gasteiger partial charge in [-0.2, -0.15) is 0 Å². The van der Waals surface area contributed by atoms with Gasteiger partial charge >= 0.3 is 5.97 Å². The first-order valence-corrected chi connectivity index (χ1v) is 7.19. The second-order valence-electron chi connectivity index (χ2n) is 3.93. The number of hydrogen-bond acceptors (Lipinski definition) is 3.